The summed E-state index contributed by atoms with van der Waals surface area (Å²) < 4.78 is 15.8. The number of aryl methyl sites for hydroxylation is 2. The van der Waals surface area contributed by atoms with Crippen molar-refractivity contribution in [3.05, 3.63) is 62.9 Å². The highest BCUT2D eigenvalue weighted by molar-refractivity contribution is 7.15. The molecule has 2 amide bonds. The number of thiazole rings is 2. The van der Waals surface area contributed by atoms with Gasteiger partial charge in [0, 0.05) is 29.7 Å². The van der Waals surface area contributed by atoms with Crippen LogP contribution in [-0.4, -0.2) is 50.2 Å². The molecule has 0 spiro atoms. The van der Waals surface area contributed by atoms with Crippen molar-refractivity contribution in [3.8, 4) is 11.3 Å². The van der Waals surface area contributed by atoms with Gasteiger partial charge in [-0.2, -0.15) is 0 Å². The van der Waals surface area contributed by atoms with E-state index in [9.17, 15) is 14.0 Å². The maximum absolute atomic E-state index is 13.9. The smallest absolute Gasteiger partial charge is 0.270 e. The summed E-state index contributed by atoms with van der Waals surface area (Å²) in [5.74, 6) is 0.220. The zero-order chi connectivity index (χ0) is 24.3. The zero-order valence-electron chi connectivity index (χ0n) is 19.3. The Labute approximate surface area is 209 Å². The summed E-state index contributed by atoms with van der Waals surface area (Å²) in [6.07, 6.45) is 3.50. The SMILES string of the molecule is CCc1csc2ncc(C(=O)NC[C@@H]3[C@H]4C[C@H]4CN3C(=O)c3sc(C)nc3-c3cccc(F)c3)n12. The number of nitrogens with one attached hydrogen (secondary N) is 1. The van der Waals surface area contributed by atoms with Crippen LogP contribution in [0.15, 0.2) is 35.8 Å². The van der Waals surface area contributed by atoms with E-state index in [1.807, 2.05) is 21.6 Å². The van der Waals surface area contributed by atoms with Crippen LogP contribution in [0.2, 0.25) is 0 Å². The molecule has 3 atom stereocenters. The van der Waals surface area contributed by atoms with Gasteiger partial charge in [-0.25, -0.2) is 14.4 Å². The fraction of sp³-hybridized carbons (Fsp3) is 0.360. The number of aromatic nitrogens is 3. The van der Waals surface area contributed by atoms with Gasteiger partial charge in [-0.15, -0.1) is 22.7 Å². The lowest BCUT2D eigenvalue weighted by molar-refractivity contribution is 0.0699. The van der Waals surface area contributed by atoms with Crippen LogP contribution in [0.1, 0.15) is 44.2 Å². The molecule has 0 bridgehead atoms. The lowest BCUT2D eigenvalue weighted by Crippen LogP contribution is -2.45. The molecule has 1 aliphatic carbocycles. The first-order valence-corrected chi connectivity index (χ1v) is 13.4. The van der Waals surface area contributed by atoms with E-state index >= 15 is 0 Å². The first-order valence-electron chi connectivity index (χ1n) is 11.7. The number of likely N-dealkylation sites (tertiary alicyclic amines) is 1. The predicted octanol–water partition coefficient (Wildman–Crippen LogP) is 4.42. The number of hydrogen-bond acceptors (Lipinski definition) is 6. The highest BCUT2D eigenvalue weighted by Gasteiger charge is 2.54. The lowest BCUT2D eigenvalue weighted by Gasteiger charge is -2.27. The average Bonchev–Trinajstić information content (AvgIpc) is 3.22. The highest BCUT2D eigenvalue weighted by Crippen LogP contribution is 2.50. The van der Waals surface area contributed by atoms with Crippen molar-refractivity contribution in [1.29, 1.82) is 0 Å². The third kappa shape index (κ3) is 3.84. The number of benzene rings is 1. The molecule has 2 aliphatic rings. The first kappa shape index (κ1) is 22.4. The van der Waals surface area contributed by atoms with Crippen LogP contribution in [0, 0.1) is 24.6 Å². The summed E-state index contributed by atoms with van der Waals surface area (Å²) in [5.41, 5.74) is 2.69. The van der Waals surface area contributed by atoms with E-state index in [2.05, 4.69) is 22.2 Å². The molecule has 35 heavy (non-hydrogen) atoms. The molecule has 0 radical (unpaired) electrons. The van der Waals surface area contributed by atoms with Crippen molar-refractivity contribution in [3.63, 3.8) is 0 Å². The van der Waals surface area contributed by atoms with Crippen molar-refractivity contribution in [1.82, 2.24) is 24.6 Å². The summed E-state index contributed by atoms with van der Waals surface area (Å²) in [4.78, 5) is 38.9. The molecular weight excluding hydrogens is 485 g/mol. The minimum Gasteiger partial charge on any atom is -0.349 e. The van der Waals surface area contributed by atoms with E-state index in [1.54, 1.807) is 18.3 Å². The van der Waals surface area contributed by atoms with E-state index in [-0.39, 0.29) is 23.7 Å². The molecule has 2 fully saturated rings. The van der Waals surface area contributed by atoms with Gasteiger partial charge in [0.1, 0.15) is 16.4 Å². The summed E-state index contributed by atoms with van der Waals surface area (Å²) in [7, 11) is 0. The molecule has 1 N–H and O–H groups in total. The van der Waals surface area contributed by atoms with Crippen LogP contribution in [-0.2, 0) is 6.42 Å². The Hall–Kier alpha value is -3.11. The molecular formula is C25H24FN5O2S2. The van der Waals surface area contributed by atoms with Gasteiger partial charge in [0.2, 0.25) is 0 Å². The number of amides is 2. The van der Waals surface area contributed by atoms with Crippen LogP contribution >= 0.6 is 22.7 Å². The van der Waals surface area contributed by atoms with E-state index in [0.29, 0.717) is 46.8 Å². The number of nitrogens with zero attached hydrogens (tertiary/aromatic N) is 4. The number of imidazole rings is 1. The topological polar surface area (TPSA) is 79.6 Å². The van der Waals surface area contributed by atoms with Crippen molar-refractivity contribution < 1.29 is 14.0 Å². The Morgan fingerprint density at radius 2 is 2.17 bits per heavy atom. The average molecular weight is 510 g/mol. The molecule has 0 unspecified atom stereocenters. The van der Waals surface area contributed by atoms with Gasteiger partial charge in [-0.3, -0.25) is 14.0 Å². The van der Waals surface area contributed by atoms with E-state index < -0.39 is 0 Å². The van der Waals surface area contributed by atoms with Crippen molar-refractivity contribution >= 4 is 39.4 Å². The molecule has 1 aliphatic heterocycles. The number of carbonyl (C=O) groups excluding carboxylic acids is 2. The van der Waals surface area contributed by atoms with Gasteiger partial charge < -0.3 is 10.2 Å². The van der Waals surface area contributed by atoms with Gasteiger partial charge >= 0.3 is 0 Å². The molecule has 3 aromatic heterocycles. The van der Waals surface area contributed by atoms with E-state index in [1.165, 1.54) is 34.8 Å². The maximum Gasteiger partial charge on any atom is 0.270 e. The van der Waals surface area contributed by atoms with Gasteiger partial charge in [0.05, 0.1) is 22.9 Å². The van der Waals surface area contributed by atoms with Crippen LogP contribution in [0.4, 0.5) is 4.39 Å². The second kappa shape index (κ2) is 8.53. The number of piperidine rings is 1. The second-order valence-electron chi connectivity index (χ2n) is 9.16. The number of halogens is 1. The molecule has 6 rings (SSSR count). The summed E-state index contributed by atoms with van der Waals surface area (Å²) in [6, 6.07) is 6.11. The highest BCUT2D eigenvalue weighted by atomic mass is 32.1. The second-order valence-corrected chi connectivity index (χ2v) is 11.2. The van der Waals surface area contributed by atoms with Crippen LogP contribution in [0.3, 0.4) is 0 Å². The van der Waals surface area contributed by atoms with Crippen LogP contribution in [0.25, 0.3) is 16.2 Å². The minimum atomic E-state index is -0.361. The van der Waals surface area contributed by atoms with Crippen LogP contribution in [0.5, 0.6) is 0 Å². The molecule has 1 saturated carbocycles. The molecule has 4 aromatic rings. The summed E-state index contributed by atoms with van der Waals surface area (Å²) >= 11 is 2.86. The number of hydrogen-bond donors (Lipinski definition) is 1. The van der Waals surface area contributed by atoms with Gasteiger partial charge in [-0.05, 0) is 43.7 Å². The molecule has 4 heterocycles. The minimum absolute atomic E-state index is 0.0734. The van der Waals surface area contributed by atoms with E-state index in [4.69, 9.17) is 0 Å². The largest absolute Gasteiger partial charge is 0.349 e. The Kier molecular flexibility index (Phi) is 5.45. The fourth-order valence-corrected chi connectivity index (χ4v) is 7.00. The third-order valence-corrected chi connectivity index (χ3v) is 8.82. The van der Waals surface area contributed by atoms with Crippen molar-refractivity contribution in [2.75, 3.05) is 13.1 Å². The van der Waals surface area contributed by atoms with Gasteiger partial charge in [-0.1, -0.05) is 19.1 Å². The number of carbonyl (C=O) groups is 2. The Balaban J connectivity index is 1.23. The zero-order valence-corrected chi connectivity index (χ0v) is 21.0. The predicted molar refractivity (Wildman–Crippen MR) is 133 cm³/mol. The maximum atomic E-state index is 13.9. The normalized spacial score (nSPS) is 20.9. The monoisotopic (exact) mass is 509 g/mol. The lowest BCUT2D eigenvalue weighted by atomic mass is 10.1. The number of rotatable bonds is 6. The molecule has 1 aromatic carbocycles. The first-order chi connectivity index (χ1) is 16.9. The van der Waals surface area contributed by atoms with Crippen LogP contribution < -0.4 is 5.32 Å². The third-order valence-electron chi connectivity index (χ3n) is 6.97. The van der Waals surface area contributed by atoms with Crippen molar-refractivity contribution in [2.24, 2.45) is 11.8 Å². The standard InChI is InChI=1S/C25H24FN5O2S2/c1-3-17-12-34-25-28-10-20(31(17)25)23(32)27-9-19-18-8-15(18)11-30(19)24(33)22-21(29-13(2)35-22)14-5-4-6-16(26)7-14/h4-7,10,12,15,18-19H,3,8-9,11H2,1-2H3,(H,27,32)/t15-,18-,19+/m0/s1. The molecule has 1 saturated heterocycles. The fourth-order valence-electron chi connectivity index (χ4n) is 5.16. The molecule has 7 nitrogen and oxygen atoms in total. The molecule has 180 valence electrons. The Morgan fingerprint density at radius 3 is 2.97 bits per heavy atom. The molecule has 10 heteroatoms. The van der Waals surface area contributed by atoms with E-state index in [0.717, 1.165) is 28.5 Å². The quantitative estimate of drug-likeness (QED) is 0.417. The van der Waals surface area contributed by atoms with Gasteiger partial charge in [0.15, 0.2) is 4.96 Å². The van der Waals surface area contributed by atoms with Crippen molar-refractivity contribution in [2.45, 2.75) is 32.7 Å². The van der Waals surface area contributed by atoms with Gasteiger partial charge in [0.25, 0.3) is 11.8 Å². The number of fused-ring (bicyclic) bond motifs is 2. The summed E-state index contributed by atoms with van der Waals surface area (Å²) in [5, 5.41) is 5.85. The summed E-state index contributed by atoms with van der Waals surface area (Å²) in [6.45, 7) is 4.96. The Bertz CT molecular complexity index is 1460. The Morgan fingerprint density at radius 1 is 1.31 bits per heavy atom.